The molecule has 0 saturated carbocycles. The molecule has 4 rings (SSSR count). The predicted molar refractivity (Wildman–Crippen MR) is 112 cm³/mol. The highest BCUT2D eigenvalue weighted by molar-refractivity contribution is 5.84. The average Bonchev–Trinajstić information content (AvgIpc) is 3.22. The quantitative estimate of drug-likeness (QED) is 0.271. The Balaban J connectivity index is 1.64. The van der Waals surface area contributed by atoms with Crippen LogP contribution < -0.4 is 21.5 Å². The van der Waals surface area contributed by atoms with E-state index in [9.17, 15) is 19.5 Å². The number of benzene rings is 2. The second kappa shape index (κ2) is 7.70. The number of methoxy groups -OCH3 is 1. The number of anilines is 3. The minimum Gasteiger partial charge on any atom is -0.508 e. The van der Waals surface area contributed by atoms with Crippen molar-refractivity contribution in [3.8, 4) is 5.75 Å². The van der Waals surface area contributed by atoms with Crippen molar-refractivity contribution in [2.45, 2.75) is 12.5 Å². The summed E-state index contributed by atoms with van der Waals surface area (Å²) in [5.41, 5.74) is 1.55. The van der Waals surface area contributed by atoms with E-state index in [4.69, 9.17) is 4.74 Å². The summed E-state index contributed by atoms with van der Waals surface area (Å²) in [5.74, 6) is -0.492. The van der Waals surface area contributed by atoms with Crippen LogP contribution in [0.5, 0.6) is 5.75 Å². The summed E-state index contributed by atoms with van der Waals surface area (Å²) in [6.07, 6.45) is 1.46. The normalized spacial score (nSPS) is 12.0. The van der Waals surface area contributed by atoms with Gasteiger partial charge in [-0.3, -0.25) is 14.4 Å². The van der Waals surface area contributed by atoms with Crippen LogP contribution in [0.3, 0.4) is 0 Å². The van der Waals surface area contributed by atoms with Crippen LogP contribution in [-0.4, -0.2) is 28.2 Å². The summed E-state index contributed by atoms with van der Waals surface area (Å²) in [5, 5.41) is 15.7. The number of hydrogen-bond acceptors (Lipinski definition) is 8. The Morgan fingerprint density at radius 2 is 1.97 bits per heavy atom. The van der Waals surface area contributed by atoms with Crippen molar-refractivity contribution < 1.29 is 14.6 Å². The van der Waals surface area contributed by atoms with Gasteiger partial charge in [-0.25, -0.2) is 4.98 Å². The number of carbonyl (C=O) groups is 1. The Morgan fingerprint density at radius 3 is 2.73 bits per heavy atom. The van der Waals surface area contributed by atoms with E-state index in [0.717, 1.165) is 11.0 Å². The molecule has 9 heteroatoms. The van der Waals surface area contributed by atoms with E-state index in [0.29, 0.717) is 11.3 Å². The zero-order chi connectivity index (χ0) is 21.3. The molecule has 30 heavy (non-hydrogen) atoms. The fraction of sp³-hybridized carbons (Fsp3) is 0.143. The molecule has 1 aromatic heterocycles. The van der Waals surface area contributed by atoms with Gasteiger partial charge in [0.2, 0.25) is 0 Å². The van der Waals surface area contributed by atoms with Crippen molar-refractivity contribution in [3.05, 3.63) is 74.8 Å². The van der Waals surface area contributed by atoms with Gasteiger partial charge in [0.15, 0.2) is 0 Å². The van der Waals surface area contributed by atoms with Crippen molar-refractivity contribution in [1.82, 2.24) is 9.97 Å². The number of aromatic amines is 1. The number of nitrogens with one attached hydrogen (secondary N) is 3. The van der Waals surface area contributed by atoms with Gasteiger partial charge in [0, 0.05) is 5.69 Å². The first-order valence-electron chi connectivity index (χ1n) is 9.12. The maximum atomic E-state index is 12.2. The van der Waals surface area contributed by atoms with Crippen LogP contribution in [-0.2, 0) is 9.53 Å². The molecular weight excluding hydrogens is 388 g/mol. The van der Waals surface area contributed by atoms with Gasteiger partial charge in [0.05, 0.1) is 36.9 Å². The molecular formula is C21H18N4O5. The van der Waals surface area contributed by atoms with E-state index in [-0.39, 0.29) is 23.5 Å². The van der Waals surface area contributed by atoms with Crippen molar-refractivity contribution in [2.75, 3.05) is 17.7 Å². The highest BCUT2D eigenvalue weighted by Gasteiger charge is 2.26. The van der Waals surface area contributed by atoms with Crippen molar-refractivity contribution >= 4 is 34.1 Å². The number of H-pyrrole nitrogens is 1. The number of nitrogens with zero attached hydrogens (tertiary/aromatic N) is 1. The third-order valence-corrected chi connectivity index (χ3v) is 4.79. The number of hydrogen-bond donors (Lipinski definition) is 4. The van der Waals surface area contributed by atoms with Crippen LogP contribution in [0.1, 0.15) is 18.0 Å². The molecule has 0 aliphatic carbocycles. The lowest BCUT2D eigenvalue weighted by Crippen LogP contribution is -2.37. The monoisotopic (exact) mass is 406 g/mol. The Morgan fingerprint density at radius 1 is 1.17 bits per heavy atom. The number of fused-ring (bicyclic) bond motifs is 1. The molecule has 1 heterocycles. The maximum Gasteiger partial charge on any atom is 0.307 e. The standard InChI is InChI=1S/C21H18N4O5/c1-30-17(27)9-15(11-3-2-4-13(26)7-11)25-19-18(20(28)21(19)29)24-12-5-6-14-16(8-12)23-10-22-14/h2-8,10,15,24-26H,9H2,1H3,(H,22,23). The molecule has 0 fully saturated rings. The number of phenols is 1. The first-order chi connectivity index (χ1) is 14.5. The number of carbonyl (C=O) groups excluding carboxylic acids is 1. The van der Waals surface area contributed by atoms with E-state index in [1.807, 2.05) is 0 Å². The highest BCUT2D eigenvalue weighted by Crippen LogP contribution is 2.29. The number of aromatic nitrogens is 2. The number of aromatic hydroxyl groups is 1. The topological polar surface area (TPSA) is 133 Å². The Bertz CT molecular complexity index is 1300. The van der Waals surface area contributed by atoms with Gasteiger partial charge >= 0.3 is 5.97 Å². The smallest absolute Gasteiger partial charge is 0.307 e. The zero-order valence-electron chi connectivity index (χ0n) is 15.9. The van der Waals surface area contributed by atoms with Gasteiger partial charge in [0.1, 0.15) is 17.1 Å². The van der Waals surface area contributed by atoms with Gasteiger partial charge in [0.25, 0.3) is 10.9 Å². The molecule has 9 nitrogen and oxygen atoms in total. The molecule has 4 N–H and O–H groups in total. The number of phenolic OH excluding ortho intramolecular Hbond substituents is 1. The highest BCUT2D eigenvalue weighted by atomic mass is 16.5. The number of esters is 1. The molecule has 1 unspecified atom stereocenters. The average molecular weight is 406 g/mol. The number of ether oxygens (including phenoxy) is 1. The molecule has 0 spiro atoms. The Labute approximate surface area is 170 Å². The molecule has 0 bridgehead atoms. The van der Waals surface area contributed by atoms with E-state index in [1.54, 1.807) is 36.7 Å². The SMILES string of the molecule is COC(=O)CC(Nc1c(Nc2ccc3nc[nH]c3c2)c(=O)c1=O)c1cccc(O)c1. The van der Waals surface area contributed by atoms with E-state index >= 15 is 0 Å². The summed E-state index contributed by atoms with van der Waals surface area (Å²) in [7, 11) is 1.26. The minimum atomic E-state index is -0.685. The maximum absolute atomic E-state index is 12.2. The Kier molecular flexibility index (Phi) is 4.93. The lowest BCUT2D eigenvalue weighted by atomic mass is 10.0. The molecule has 4 aromatic rings. The second-order valence-electron chi connectivity index (χ2n) is 6.74. The molecule has 0 saturated heterocycles. The lowest BCUT2D eigenvalue weighted by molar-refractivity contribution is -0.140. The van der Waals surface area contributed by atoms with Crippen molar-refractivity contribution in [3.63, 3.8) is 0 Å². The lowest BCUT2D eigenvalue weighted by Gasteiger charge is -2.22. The fourth-order valence-electron chi connectivity index (χ4n) is 3.22. The van der Waals surface area contributed by atoms with Gasteiger partial charge in [-0.2, -0.15) is 0 Å². The summed E-state index contributed by atoms with van der Waals surface area (Å²) in [6.45, 7) is 0. The third kappa shape index (κ3) is 3.60. The van der Waals surface area contributed by atoms with Crippen molar-refractivity contribution in [2.24, 2.45) is 0 Å². The summed E-state index contributed by atoms with van der Waals surface area (Å²) < 4.78 is 4.73. The van der Waals surface area contributed by atoms with Gasteiger partial charge < -0.3 is 25.5 Å². The predicted octanol–water partition coefficient (Wildman–Crippen LogP) is 2.32. The van der Waals surface area contributed by atoms with Crippen LogP contribution in [0, 0.1) is 0 Å². The van der Waals surface area contributed by atoms with Gasteiger partial charge in [-0.05, 0) is 35.9 Å². The van der Waals surface area contributed by atoms with Gasteiger partial charge in [-0.1, -0.05) is 12.1 Å². The van der Waals surface area contributed by atoms with Crippen LogP contribution in [0.15, 0.2) is 58.4 Å². The largest absolute Gasteiger partial charge is 0.508 e. The minimum absolute atomic E-state index is 0.0142. The summed E-state index contributed by atoms with van der Waals surface area (Å²) in [4.78, 5) is 43.4. The number of rotatable bonds is 7. The molecule has 0 radical (unpaired) electrons. The first kappa shape index (κ1) is 19.2. The fourth-order valence-corrected chi connectivity index (χ4v) is 3.22. The molecule has 3 aromatic carbocycles. The summed E-state index contributed by atoms with van der Waals surface area (Å²) >= 11 is 0. The van der Waals surface area contributed by atoms with E-state index in [1.165, 1.54) is 19.2 Å². The van der Waals surface area contributed by atoms with Crippen molar-refractivity contribution in [1.29, 1.82) is 0 Å². The van der Waals surface area contributed by atoms with Gasteiger partial charge in [-0.15, -0.1) is 0 Å². The van der Waals surface area contributed by atoms with Crippen LogP contribution in [0.4, 0.5) is 17.1 Å². The second-order valence-corrected chi connectivity index (χ2v) is 6.74. The van der Waals surface area contributed by atoms with Crippen LogP contribution in [0.2, 0.25) is 0 Å². The van der Waals surface area contributed by atoms with E-state index < -0.39 is 22.9 Å². The zero-order valence-corrected chi connectivity index (χ0v) is 15.9. The van der Waals surface area contributed by atoms with Crippen LogP contribution >= 0.6 is 0 Å². The summed E-state index contributed by atoms with van der Waals surface area (Å²) in [6, 6.07) is 10.9. The number of imidazole rings is 1. The molecule has 1 atom stereocenters. The first-order valence-corrected chi connectivity index (χ1v) is 9.12. The molecule has 0 aliphatic rings. The van der Waals surface area contributed by atoms with E-state index in [2.05, 4.69) is 20.6 Å². The Hall–Kier alpha value is -4.14. The molecule has 0 aliphatic heterocycles. The van der Waals surface area contributed by atoms with Crippen LogP contribution in [0.25, 0.3) is 11.0 Å². The molecule has 152 valence electrons. The molecule has 0 amide bonds. The third-order valence-electron chi connectivity index (χ3n) is 4.79.